The van der Waals surface area contributed by atoms with Crippen molar-refractivity contribution in [3.63, 3.8) is 0 Å². The lowest BCUT2D eigenvalue weighted by Crippen LogP contribution is -2.31. The summed E-state index contributed by atoms with van der Waals surface area (Å²) in [6.07, 6.45) is 4.94. The van der Waals surface area contributed by atoms with Crippen LogP contribution in [-0.4, -0.2) is 38.4 Å². The normalized spacial score (nSPS) is 20.6. The topological polar surface area (TPSA) is 61.8 Å². The molecule has 120 valence electrons. The van der Waals surface area contributed by atoms with E-state index in [1.807, 2.05) is 30.3 Å². The van der Waals surface area contributed by atoms with Gasteiger partial charge in [0.25, 0.3) is 0 Å². The van der Waals surface area contributed by atoms with Crippen LogP contribution in [0.25, 0.3) is 6.08 Å². The van der Waals surface area contributed by atoms with Gasteiger partial charge >= 0.3 is 11.9 Å². The largest absolute Gasteiger partial charge is 0.466 e. The molecule has 0 aliphatic carbocycles. The van der Waals surface area contributed by atoms with Gasteiger partial charge in [0.15, 0.2) is 0 Å². The van der Waals surface area contributed by atoms with E-state index in [2.05, 4.69) is 6.58 Å². The van der Waals surface area contributed by atoms with Crippen LogP contribution in [-0.2, 0) is 23.8 Å². The molecule has 5 nitrogen and oxygen atoms in total. The van der Waals surface area contributed by atoms with Crippen LogP contribution in [0.1, 0.15) is 5.56 Å². The second-order valence-electron chi connectivity index (χ2n) is 4.87. The molecular weight excluding hydrogens is 296 g/mol. The summed E-state index contributed by atoms with van der Waals surface area (Å²) in [6.45, 7) is 3.69. The molecule has 0 saturated heterocycles. The van der Waals surface area contributed by atoms with Crippen molar-refractivity contribution in [1.29, 1.82) is 0 Å². The number of hydrogen-bond donors (Lipinski definition) is 0. The molecule has 1 unspecified atom stereocenters. The molecule has 1 atom stereocenters. The van der Waals surface area contributed by atoms with E-state index in [1.165, 1.54) is 20.3 Å². The van der Waals surface area contributed by atoms with E-state index in [0.717, 1.165) is 5.56 Å². The Labute approximate surface area is 134 Å². The Balaban J connectivity index is 2.49. The predicted octanol–water partition coefficient (Wildman–Crippen LogP) is 2.30. The van der Waals surface area contributed by atoms with Gasteiger partial charge in [-0.2, -0.15) is 0 Å². The molecule has 5 heteroatoms. The Bertz CT molecular complexity index is 672. The molecule has 2 rings (SSSR count). The fourth-order valence-electron chi connectivity index (χ4n) is 2.39. The minimum Gasteiger partial charge on any atom is -0.466 e. The number of carbonyl (C=O) groups excluding carboxylic acids is 2. The summed E-state index contributed by atoms with van der Waals surface area (Å²) in [5, 5.41) is 0. The van der Waals surface area contributed by atoms with E-state index in [-0.39, 0.29) is 17.8 Å². The van der Waals surface area contributed by atoms with Gasteiger partial charge in [0.1, 0.15) is 5.60 Å². The molecule has 0 radical (unpaired) electrons. The molecule has 1 aliphatic heterocycles. The van der Waals surface area contributed by atoms with Crippen LogP contribution < -0.4 is 0 Å². The van der Waals surface area contributed by atoms with Gasteiger partial charge < -0.3 is 14.2 Å². The van der Waals surface area contributed by atoms with E-state index in [9.17, 15) is 9.59 Å². The second kappa shape index (κ2) is 7.07. The van der Waals surface area contributed by atoms with Crippen molar-refractivity contribution in [2.75, 3.05) is 20.8 Å². The lowest BCUT2D eigenvalue weighted by Gasteiger charge is -2.23. The van der Waals surface area contributed by atoms with E-state index < -0.39 is 17.5 Å². The zero-order valence-corrected chi connectivity index (χ0v) is 13.1. The Morgan fingerprint density at radius 1 is 1.17 bits per heavy atom. The van der Waals surface area contributed by atoms with Gasteiger partial charge in [-0.1, -0.05) is 49.1 Å². The van der Waals surface area contributed by atoms with Crippen molar-refractivity contribution in [3.05, 3.63) is 65.8 Å². The van der Waals surface area contributed by atoms with Crippen molar-refractivity contribution >= 4 is 18.0 Å². The molecule has 1 aromatic carbocycles. The van der Waals surface area contributed by atoms with Gasteiger partial charge in [0, 0.05) is 0 Å². The fraction of sp³-hybridized carbons (Fsp3) is 0.222. The minimum atomic E-state index is -1.23. The van der Waals surface area contributed by atoms with Gasteiger partial charge in [0.05, 0.1) is 32.0 Å². The number of ether oxygens (including phenoxy) is 3. The van der Waals surface area contributed by atoms with Crippen LogP contribution in [0.3, 0.4) is 0 Å². The third-order valence-electron chi connectivity index (χ3n) is 3.60. The zero-order chi connectivity index (χ0) is 16.9. The SMILES string of the molecule is C=CC1(/C=C/c2ccccc2)OCC(C(=O)OC)=C1C(=O)OC. The van der Waals surface area contributed by atoms with Crippen molar-refractivity contribution in [3.8, 4) is 0 Å². The Morgan fingerprint density at radius 2 is 1.83 bits per heavy atom. The summed E-state index contributed by atoms with van der Waals surface area (Å²) in [6, 6.07) is 9.51. The maximum Gasteiger partial charge on any atom is 0.338 e. The summed E-state index contributed by atoms with van der Waals surface area (Å²) in [4.78, 5) is 24.1. The van der Waals surface area contributed by atoms with Crippen LogP contribution in [0.15, 0.2) is 60.2 Å². The highest BCUT2D eigenvalue weighted by molar-refractivity contribution is 6.04. The number of methoxy groups -OCH3 is 2. The number of hydrogen-bond acceptors (Lipinski definition) is 5. The van der Waals surface area contributed by atoms with Gasteiger partial charge in [-0.25, -0.2) is 9.59 Å². The van der Waals surface area contributed by atoms with E-state index in [1.54, 1.807) is 12.2 Å². The monoisotopic (exact) mass is 314 g/mol. The molecule has 0 N–H and O–H groups in total. The van der Waals surface area contributed by atoms with Gasteiger partial charge in [-0.3, -0.25) is 0 Å². The number of benzene rings is 1. The first kappa shape index (κ1) is 16.7. The molecule has 1 aromatic rings. The summed E-state index contributed by atoms with van der Waals surface area (Å²) in [7, 11) is 2.50. The molecule has 0 saturated carbocycles. The molecule has 1 aliphatic rings. The quantitative estimate of drug-likeness (QED) is 0.616. The smallest absolute Gasteiger partial charge is 0.338 e. The molecule has 0 aromatic heterocycles. The van der Waals surface area contributed by atoms with E-state index >= 15 is 0 Å². The number of esters is 2. The standard InChI is InChI=1S/C18H18O5/c1-4-18(11-10-13-8-6-5-7-9-13)15(17(20)22-3)14(12-23-18)16(19)21-2/h4-11H,1,12H2,2-3H3/b11-10+. The summed E-state index contributed by atoms with van der Waals surface area (Å²) in [5.74, 6) is -1.28. The maximum absolute atomic E-state index is 12.2. The van der Waals surface area contributed by atoms with Crippen LogP contribution in [0.4, 0.5) is 0 Å². The highest BCUT2D eigenvalue weighted by atomic mass is 16.5. The number of rotatable bonds is 5. The second-order valence-corrected chi connectivity index (χ2v) is 4.87. The molecule has 0 bridgehead atoms. The summed E-state index contributed by atoms with van der Waals surface area (Å²) >= 11 is 0. The average molecular weight is 314 g/mol. The predicted molar refractivity (Wildman–Crippen MR) is 85.4 cm³/mol. The molecule has 0 spiro atoms. The van der Waals surface area contributed by atoms with Crippen molar-refractivity contribution in [2.45, 2.75) is 5.60 Å². The summed E-state index contributed by atoms with van der Waals surface area (Å²) < 4.78 is 15.2. The van der Waals surface area contributed by atoms with Crippen LogP contribution in [0, 0.1) is 0 Å². The van der Waals surface area contributed by atoms with Gasteiger partial charge in [-0.15, -0.1) is 0 Å². The lowest BCUT2D eigenvalue weighted by atomic mass is 9.90. The Morgan fingerprint density at radius 3 is 2.39 bits per heavy atom. The maximum atomic E-state index is 12.2. The summed E-state index contributed by atoms with van der Waals surface area (Å²) in [5.41, 5.74) is -0.0778. The van der Waals surface area contributed by atoms with Crippen molar-refractivity contribution in [1.82, 2.24) is 0 Å². The zero-order valence-electron chi connectivity index (χ0n) is 13.1. The lowest BCUT2D eigenvalue weighted by molar-refractivity contribution is -0.139. The highest BCUT2D eigenvalue weighted by Gasteiger charge is 2.45. The average Bonchev–Trinajstić information content (AvgIpc) is 2.99. The molecule has 0 fully saturated rings. The van der Waals surface area contributed by atoms with Gasteiger partial charge in [-0.05, 0) is 11.6 Å². The first-order chi connectivity index (χ1) is 11.1. The fourth-order valence-corrected chi connectivity index (χ4v) is 2.39. The van der Waals surface area contributed by atoms with Crippen LogP contribution in [0.5, 0.6) is 0 Å². The van der Waals surface area contributed by atoms with Gasteiger partial charge in [0.2, 0.25) is 0 Å². The molecule has 0 amide bonds. The molecule has 1 heterocycles. The van der Waals surface area contributed by atoms with Crippen molar-refractivity contribution in [2.24, 2.45) is 0 Å². The number of carbonyl (C=O) groups is 2. The Kier molecular flexibility index (Phi) is 5.13. The minimum absolute atomic E-state index is 0.0533. The first-order valence-corrected chi connectivity index (χ1v) is 7.00. The molecular formula is C18H18O5. The third-order valence-corrected chi connectivity index (χ3v) is 3.60. The highest BCUT2D eigenvalue weighted by Crippen LogP contribution is 2.36. The Hall–Kier alpha value is -2.66. The van der Waals surface area contributed by atoms with E-state index in [0.29, 0.717) is 0 Å². The van der Waals surface area contributed by atoms with Crippen LogP contribution >= 0.6 is 0 Å². The van der Waals surface area contributed by atoms with E-state index in [4.69, 9.17) is 14.2 Å². The third kappa shape index (κ3) is 3.24. The molecule has 23 heavy (non-hydrogen) atoms. The van der Waals surface area contributed by atoms with Crippen LogP contribution in [0.2, 0.25) is 0 Å². The van der Waals surface area contributed by atoms with Crippen molar-refractivity contribution < 1.29 is 23.8 Å². The first-order valence-electron chi connectivity index (χ1n) is 7.00.